The maximum absolute atomic E-state index is 13.7. The minimum atomic E-state index is -3.99. The molecule has 232 valence electrons. The molecule has 2 saturated heterocycles. The quantitative estimate of drug-likeness (QED) is 0.232. The summed E-state index contributed by atoms with van der Waals surface area (Å²) >= 11 is 12.2. The Balaban J connectivity index is 1.27. The van der Waals surface area contributed by atoms with Crippen LogP contribution in [-0.4, -0.2) is 53.9 Å². The van der Waals surface area contributed by atoms with E-state index in [9.17, 15) is 27.9 Å². The second kappa shape index (κ2) is 13.2. The fourth-order valence-corrected chi connectivity index (χ4v) is 8.31. The van der Waals surface area contributed by atoms with Crippen LogP contribution in [-0.2, 0) is 26.0 Å². The summed E-state index contributed by atoms with van der Waals surface area (Å²) in [5.41, 5.74) is 2.20. The van der Waals surface area contributed by atoms with Crippen molar-refractivity contribution in [3.05, 3.63) is 87.9 Å². The molecule has 13 heteroatoms. The number of amides is 3. The Morgan fingerprint density at radius 1 is 0.909 bits per heavy atom. The Labute approximate surface area is 265 Å². The third-order valence-electron chi connectivity index (χ3n) is 8.15. The lowest BCUT2D eigenvalue weighted by atomic mass is 9.76. The average Bonchev–Trinajstić information content (AvgIpc) is 3.00. The number of nitrogens with one attached hydrogen (secondary N) is 3. The molecule has 6 rings (SSSR count). The topological polar surface area (TPSA) is 145 Å². The van der Waals surface area contributed by atoms with Gasteiger partial charge in [0.25, 0.3) is 0 Å². The van der Waals surface area contributed by atoms with Crippen LogP contribution in [0.4, 0.5) is 16.2 Å². The number of halogens is 2. The van der Waals surface area contributed by atoms with Crippen LogP contribution in [0.1, 0.15) is 36.8 Å². The molecule has 0 radical (unpaired) electrons. The van der Waals surface area contributed by atoms with Gasteiger partial charge in [-0.1, -0.05) is 59.1 Å². The highest BCUT2D eigenvalue weighted by Gasteiger charge is 2.51. The maximum Gasteiger partial charge on any atom is 0.326 e. The number of hydrogen-bond donors (Lipinski definition) is 4. The van der Waals surface area contributed by atoms with Crippen LogP contribution in [0.25, 0.3) is 0 Å². The van der Waals surface area contributed by atoms with E-state index in [1.54, 1.807) is 54.6 Å². The lowest BCUT2D eigenvalue weighted by molar-refractivity contribution is -0.143. The molecule has 3 aliphatic rings. The first-order chi connectivity index (χ1) is 20.9. The summed E-state index contributed by atoms with van der Waals surface area (Å²) in [6.07, 6.45) is 2.67. The van der Waals surface area contributed by atoms with Gasteiger partial charge in [0.1, 0.15) is 12.1 Å². The van der Waals surface area contributed by atoms with E-state index in [2.05, 4.69) is 16.0 Å². The number of hydrogen-bond acceptors (Lipinski definition) is 5. The van der Waals surface area contributed by atoms with E-state index >= 15 is 0 Å². The van der Waals surface area contributed by atoms with Crippen molar-refractivity contribution in [2.45, 2.75) is 62.0 Å². The van der Waals surface area contributed by atoms with E-state index in [1.165, 1.54) is 16.4 Å². The third-order valence-corrected chi connectivity index (χ3v) is 10.7. The number of carbonyl (C=O) groups excluding carboxylic acids is 2. The van der Waals surface area contributed by atoms with Crippen LogP contribution in [0.15, 0.2) is 71.6 Å². The number of nitrogens with zero attached hydrogens (tertiary/aromatic N) is 1. The number of aryl methyl sites for hydroxylation is 1. The van der Waals surface area contributed by atoms with Gasteiger partial charge in [0.2, 0.25) is 15.9 Å². The molecule has 2 aliphatic heterocycles. The molecule has 10 nitrogen and oxygen atoms in total. The summed E-state index contributed by atoms with van der Waals surface area (Å²) in [6, 6.07) is 14.6. The van der Waals surface area contributed by atoms with E-state index in [-0.39, 0.29) is 39.0 Å². The van der Waals surface area contributed by atoms with Crippen molar-refractivity contribution in [3.8, 4) is 0 Å². The molecule has 1 saturated carbocycles. The lowest BCUT2D eigenvalue weighted by Crippen LogP contribution is -2.63. The van der Waals surface area contributed by atoms with Crippen LogP contribution in [0.2, 0.25) is 10.0 Å². The van der Waals surface area contributed by atoms with E-state index in [0.29, 0.717) is 36.9 Å². The number of carboxylic acid groups (broad SMARTS) is 1. The largest absolute Gasteiger partial charge is 0.480 e. The highest BCUT2D eigenvalue weighted by molar-refractivity contribution is 7.89. The van der Waals surface area contributed by atoms with Crippen molar-refractivity contribution >= 4 is 62.5 Å². The Hall–Kier alpha value is -3.64. The normalized spacial score (nSPS) is 20.5. The molecule has 1 aliphatic carbocycles. The number of anilines is 2. The molecule has 3 aromatic carbocycles. The van der Waals surface area contributed by atoms with Gasteiger partial charge in [-0.2, -0.15) is 4.31 Å². The van der Waals surface area contributed by atoms with Gasteiger partial charge >= 0.3 is 12.0 Å². The molecule has 3 fully saturated rings. The zero-order valence-corrected chi connectivity index (χ0v) is 26.1. The molecule has 2 atom stereocenters. The number of fused-ring (bicyclic) bond motifs is 3. The molecular formula is C31H32Cl2N4O6S. The number of benzene rings is 3. The Morgan fingerprint density at radius 3 is 2.11 bits per heavy atom. The minimum Gasteiger partial charge on any atom is -0.480 e. The van der Waals surface area contributed by atoms with Crippen LogP contribution in [0.5, 0.6) is 0 Å². The zero-order chi connectivity index (χ0) is 31.6. The minimum absolute atomic E-state index is 0.0473. The van der Waals surface area contributed by atoms with Crippen molar-refractivity contribution in [2.24, 2.45) is 5.92 Å². The number of aliphatic carboxylic acids is 1. The Kier molecular flexibility index (Phi) is 9.50. The molecule has 0 unspecified atom stereocenters. The summed E-state index contributed by atoms with van der Waals surface area (Å²) in [4.78, 5) is 38.4. The predicted molar refractivity (Wildman–Crippen MR) is 169 cm³/mol. The van der Waals surface area contributed by atoms with Crippen LogP contribution < -0.4 is 16.0 Å². The van der Waals surface area contributed by atoms with Gasteiger partial charge in [0.05, 0.1) is 20.6 Å². The summed E-state index contributed by atoms with van der Waals surface area (Å²) in [5, 5.41) is 18.4. The van der Waals surface area contributed by atoms with Crippen molar-refractivity contribution < 1.29 is 27.9 Å². The standard InChI is InChI=1S/C31H32Cl2N4O6S/c1-18-5-15-23(16-6-18)44(42,43)37-22-13-9-20(10-14-22)28(37)29(38)35-26(30(39)40)17-19-7-11-21(12-8-19)34-31(41)36-27-24(32)3-2-4-25(27)33/h2-8,11-12,15-16,20,22,26,28H,9-10,13-14,17H2,1H3,(H,35,38)(H,39,40)(H2,34,36,41)/t20?,22?,26-,28+/m0/s1. The molecule has 3 amide bonds. The fraction of sp³-hybridized carbons (Fsp3) is 0.323. The Bertz CT molecular complexity index is 1640. The highest BCUT2D eigenvalue weighted by Crippen LogP contribution is 2.43. The number of sulfonamides is 1. The van der Waals surface area contributed by atoms with Crippen molar-refractivity contribution in [3.63, 3.8) is 0 Å². The molecule has 3 aromatic rings. The van der Waals surface area contributed by atoms with Crippen molar-refractivity contribution in [1.82, 2.24) is 9.62 Å². The van der Waals surface area contributed by atoms with Gasteiger partial charge in [0.15, 0.2) is 0 Å². The summed E-state index contributed by atoms with van der Waals surface area (Å²) in [6.45, 7) is 1.86. The first-order valence-corrected chi connectivity index (χ1v) is 16.4. The first kappa shape index (κ1) is 31.8. The highest BCUT2D eigenvalue weighted by atomic mass is 35.5. The predicted octanol–water partition coefficient (Wildman–Crippen LogP) is 5.69. The van der Waals surface area contributed by atoms with Gasteiger partial charge < -0.3 is 21.1 Å². The lowest BCUT2D eigenvalue weighted by Gasteiger charge is -2.49. The second-order valence-corrected chi connectivity index (χ2v) is 13.8. The van der Waals surface area contributed by atoms with Gasteiger partial charge in [-0.15, -0.1) is 0 Å². The monoisotopic (exact) mass is 658 g/mol. The summed E-state index contributed by atoms with van der Waals surface area (Å²) < 4.78 is 28.8. The maximum atomic E-state index is 13.7. The van der Waals surface area contributed by atoms with E-state index in [4.69, 9.17) is 23.2 Å². The number of carboxylic acids is 1. The van der Waals surface area contributed by atoms with Crippen LogP contribution in [0.3, 0.4) is 0 Å². The van der Waals surface area contributed by atoms with Crippen LogP contribution >= 0.6 is 23.2 Å². The van der Waals surface area contributed by atoms with Crippen LogP contribution in [0, 0.1) is 12.8 Å². The van der Waals surface area contributed by atoms with Gasteiger partial charge in [-0.05, 0) is 80.5 Å². The number of piperidine rings is 2. The van der Waals surface area contributed by atoms with Gasteiger partial charge in [-0.3, -0.25) is 4.79 Å². The first-order valence-electron chi connectivity index (χ1n) is 14.2. The SMILES string of the molecule is Cc1ccc(S(=O)(=O)N2C3CCC(CC3)[C@@H]2C(=O)N[C@@H](Cc2ccc(NC(=O)Nc3c(Cl)cccc3Cl)cc2)C(=O)O)cc1. The third kappa shape index (κ3) is 6.86. The van der Waals surface area contributed by atoms with Gasteiger partial charge in [0, 0.05) is 18.2 Å². The van der Waals surface area contributed by atoms with E-state index < -0.39 is 40.0 Å². The van der Waals surface area contributed by atoms with E-state index in [1.807, 2.05) is 6.92 Å². The molecule has 4 N–H and O–H groups in total. The number of urea groups is 1. The van der Waals surface area contributed by atoms with E-state index in [0.717, 1.165) is 5.56 Å². The molecule has 2 bridgehead atoms. The molecule has 0 aromatic heterocycles. The second-order valence-electron chi connectivity index (χ2n) is 11.1. The average molecular weight is 660 g/mol. The number of rotatable bonds is 9. The smallest absolute Gasteiger partial charge is 0.326 e. The number of para-hydroxylation sites is 1. The van der Waals surface area contributed by atoms with Gasteiger partial charge in [-0.25, -0.2) is 18.0 Å². The molecule has 2 heterocycles. The van der Waals surface area contributed by atoms with Crippen molar-refractivity contribution in [2.75, 3.05) is 10.6 Å². The Morgan fingerprint density at radius 2 is 1.52 bits per heavy atom. The molecule has 44 heavy (non-hydrogen) atoms. The van der Waals surface area contributed by atoms with Crippen molar-refractivity contribution in [1.29, 1.82) is 0 Å². The summed E-state index contributed by atoms with van der Waals surface area (Å²) in [5.74, 6) is -2.06. The molecular weight excluding hydrogens is 627 g/mol. The summed E-state index contributed by atoms with van der Waals surface area (Å²) in [7, 11) is -3.99. The zero-order valence-electron chi connectivity index (χ0n) is 23.8. The number of carbonyl (C=O) groups is 3. The fourth-order valence-electron chi connectivity index (χ4n) is 5.92. The molecule has 0 spiro atoms.